The van der Waals surface area contributed by atoms with E-state index >= 15 is 0 Å². The van der Waals surface area contributed by atoms with E-state index in [0.717, 1.165) is 32.1 Å². The number of carboxylic acid groups (broad SMARTS) is 1. The molecule has 3 aliphatic heterocycles. The molecule has 0 bridgehead atoms. The zero-order valence-electron chi connectivity index (χ0n) is 23.7. The molecule has 0 aromatic carbocycles. The van der Waals surface area contributed by atoms with Crippen LogP contribution in [0.3, 0.4) is 0 Å². The van der Waals surface area contributed by atoms with Crippen molar-refractivity contribution in [3.63, 3.8) is 0 Å². The Morgan fingerprint density at radius 1 is 0.786 bits per heavy atom. The molecule has 4 aliphatic rings. The third-order valence-corrected chi connectivity index (χ3v) is 8.75. The van der Waals surface area contributed by atoms with Gasteiger partial charge in [-0.05, 0) is 25.7 Å². The summed E-state index contributed by atoms with van der Waals surface area (Å²) in [6.07, 6.45) is -13.6. The molecule has 4 rings (SSSR count). The van der Waals surface area contributed by atoms with Crippen LogP contribution in [0.5, 0.6) is 0 Å². The average Bonchev–Trinajstić information content (AvgIpc) is 2.98. The maximum atomic E-state index is 12.1. The van der Waals surface area contributed by atoms with Gasteiger partial charge in [0.1, 0.15) is 54.9 Å². The van der Waals surface area contributed by atoms with E-state index in [4.69, 9.17) is 28.4 Å². The Kier molecular flexibility index (Phi) is 12.3. The molecule has 1 saturated carbocycles. The molecular formula is C27H46O15. The second kappa shape index (κ2) is 15.3. The summed E-state index contributed by atoms with van der Waals surface area (Å²) in [4.78, 5) is 12.1. The SMILES string of the molecule is CC1OC(OC2C(CO)OCCC2OC2OC(CO)C(O)C(O[C@H](CC3CCCCC3)C(=O)O)C2O)C(O)C(O)C1O. The van der Waals surface area contributed by atoms with Crippen LogP contribution >= 0.6 is 0 Å². The first-order chi connectivity index (χ1) is 20.0. The van der Waals surface area contributed by atoms with Crippen molar-refractivity contribution in [2.24, 2.45) is 5.92 Å². The van der Waals surface area contributed by atoms with Gasteiger partial charge in [-0.1, -0.05) is 32.1 Å². The Morgan fingerprint density at radius 3 is 2.10 bits per heavy atom. The Labute approximate surface area is 243 Å². The lowest BCUT2D eigenvalue weighted by Gasteiger charge is -2.47. The molecule has 0 radical (unpaired) electrons. The smallest absolute Gasteiger partial charge is 0.332 e. The van der Waals surface area contributed by atoms with Crippen molar-refractivity contribution in [2.75, 3.05) is 19.8 Å². The summed E-state index contributed by atoms with van der Waals surface area (Å²) in [5, 5.41) is 82.4. The fourth-order valence-electron chi connectivity index (χ4n) is 6.22. The normalized spacial score (nSPS) is 44.5. The van der Waals surface area contributed by atoms with Crippen LogP contribution in [0.2, 0.25) is 0 Å². The number of ether oxygens (including phenoxy) is 6. The largest absolute Gasteiger partial charge is 0.479 e. The summed E-state index contributed by atoms with van der Waals surface area (Å²) in [5.74, 6) is -1.11. The first-order valence-corrected chi connectivity index (χ1v) is 14.8. The number of hydrogen-bond donors (Lipinski definition) is 8. The van der Waals surface area contributed by atoms with Crippen molar-refractivity contribution in [1.29, 1.82) is 0 Å². The van der Waals surface area contributed by atoms with Gasteiger partial charge in [-0.2, -0.15) is 0 Å². The lowest BCUT2D eigenvalue weighted by atomic mass is 9.85. The number of aliphatic hydroxyl groups is 7. The molecular weight excluding hydrogens is 564 g/mol. The van der Waals surface area contributed by atoms with E-state index in [9.17, 15) is 45.6 Å². The van der Waals surface area contributed by atoms with Gasteiger partial charge in [0, 0.05) is 6.61 Å². The highest BCUT2D eigenvalue weighted by Crippen LogP contribution is 2.34. The first kappa shape index (κ1) is 33.8. The van der Waals surface area contributed by atoms with E-state index in [0.29, 0.717) is 0 Å². The van der Waals surface area contributed by atoms with Crippen molar-refractivity contribution in [3.8, 4) is 0 Å². The highest BCUT2D eigenvalue weighted by atomic mass is 16.7. The molecule has 0 aromatic heterocycles. The summed E-state index contributed by atoms with van der Waals surface area (Å²) >= 11 is 0. The Balaban J connectivity index is 1.49. The van der Waals surface area contributed by atoms with Crippen LogP contribution in [0.25, 0.3) is 0 Å². The minimum absolute atomic E-state index is 0.110. The zero-order valence-corrected chi connectivity index (χ0v) is 23.7. The summed E-state index contributed by atoms with van der Waals surface area (Å²) in [5.41, 5.74) is 0. The quantitative estimate of drug-likeness (QED) is 0.122. The first-order valence-electron chi connectivity index (χ1n) is 14.8. The number of carboxylic acids is 1. The van der Waals surface area contributed by atoms with Crippen molar-refractivity contribution in [1.82, 2.24) is 0 Å². The Hall–Kier alpha value is -1.05. The molecule has 244 valence electrons. The number of aliphatic hydroxyl groups excluding tert-OH is 7. The van der Waals surface area contributed by atoms with Gasteiger partial charge in [-0.15, -0.1) is 0 Å². The minimum atomic E-state index is -1.68. The number of carbonyl (C=O) groups is 1. The van der Waals surface area contributed by atoms with Crippen molar-refractivity contribution < 1.29 is 74.1 Å². The third-order valence-electron chi connectivity index (χ3n) is 8.75. The van der Waals surface area contributed by atoms with Crippen LogP contribution in [-0.4, -0.2) is 152 Å². The maximum absolute atomic E-state index is 12.1. The van der Waals surface area contributed by atoms with E-state index < -0.39 is 105 Å². The molecule has 42 heavy (non-hydrogen) atoms. The third kappa shape index (κ3) is 7.77. The number of aliphatic carboxylic acids is 1. The molecule has 3 heterocycles. The molecule has 0 aromatic rings. The van der Waals surface area contributed by atoms with Crippen LogP contribution in [0, 0.1) is 5.92 Å². The second-order valence-corrected chi connectivity index (χ2v) is 11.7. The fraction of sp³-hybridized carbons (Fsp3) is 0.963. The molecule has 0 spiro atoms. The Morgan fingerprint density at radius 2 is 1.45 bits per heavy atom. The fourth-order valence-corrected chi connectivity index (χ4v) is 6.22. The van der Waals surface area contributed by atoms with E-state index in [1.165, 1.54) is 6.92 Å². The summed E-state index contributed by atoms with van der Waals surface area (Å²) in [7, 11) is 0. The number of hydrogen-bond acceptors (Lipinski definition) is 14. The van der Waals surface area contributed by atoms with Gasteiger partial charge in [-0.3, -0.25) is 0 Å². The lowest BCUT2D eigenvalue weighted by molar-refractivity contribution is -0.356. The van der Waals surface area contributed by atoms with Crippen molar-refractivity contribution >= 4 is 5.97 Å². The summed E-state index contributed by atoms with van der Waals surface area (Å²) in [6.45, 7) is 0.393. The molecule has 0 amide bonds. The monoisotopic (exact) mass is 610 g/mol. The van der Waals surface area contributed by atoms with Crippen LogP contribution in [-0.2, 0) is 33.2 Å². The topological polar surface area (TPSA) is 234 Å². The lowest BCUT2D eigenvalue weighted by Crippen LogP contribution is -2.63. The number of rotatable bonds is 11. The van der Waals surface area contributed by atoms with Crippen LogP contribution in [0.1, 0.15) is 51.9 Å². The van der Waals surface area contributed by atoms with Crippen molar-refractivity contribution in [3.05, 3.63) is 0 Å². The molecule has 3 saturated heterocycles. The van der Waals surface area contributed by atoms with Gasteiger partial charge < -0.3 is 69.3 Å². The summed E-state index contributed by atoms with van der Waals surface area (Å²) < 4.78 is 34.5. The molecule has 8 N–H and O–H groups in total. The maximum Gasteiger partial charge on any atom is 0.332 e. The summed E-state index contributed by atoms with van der Waals surface area (Å²) in [6, 6.07) is 0. The van der Waals surface area contributed by atoms with Crippen LogP contribution < -0.4 is 0 Å². The molecule has 15 nitrogen and oxygen atoms in total. The molecule has 14 atom stereocenters. The van der Waals surface area contributed by atoms with Crippen LogP contribution in [0.15, 0.2) is 0 Å². The van der Waals surface area contributed by atoms with E-state index in [-0.39, 0.29) is 25.4 Å². The van der Waals surface area contributed by atoms with E-state index in [2.05, 4.69) is 0 Å². The van der Waals surface area contributed by atoms with Crippen LogP contribution in [0.4, 0.5) is 0 Å². The molecule has 1 aliphatic carbocycles. The zero-order chi connectivity index (χ0) is 30.6. The minimum Gasteiger partial charge on any atom is -0.479 e. The van der Waals surface area contributed by atoms with E-state index in [1.54, 1.807) is 0 Å². The Bertz CT molecular complexity index is 842. The van der Waals surface area contributed by atoms with Gasteiger partial charge >= 0.3 is 5.97 Å². The van der Waals surface area contributed by atoms with Gasteiger partial charge in [0.15, 0.2) is 18.7 Å². The van der Waals surface area contributed by atoms with Gasteiger partial charge in [0.2, 0.25) is 0 Å². The highest BCUT2D eigenvalue weighted by molar-refractivity contribution is 5.72. The van der Waals surface area contributed by atoms with Crippen molar-refractivity contribution in [2.45, 2.75) is 138 Å². The second-order valence-electron chi connectivity index (χ2n) is 11.7. The predicted octanol–water partition coefficient (Wildman–Crippen LogP) is -2.39. The van der Waals surface area contributed by atoms with Gasteiger partial charge in [0.05, 0.1) is 25.4 Å². The van der Waals surface area contributed by atoms with E-state index in [1.807, 2.05) is 0 Å². The average molecular weight is 611 g/mol. The highest BCUT2D eigenvalue weighted by Gasteiger charge is 2.51. The predicted molar refractivity (Wildman–Crippen MR) is 139 cm³/mol. The molecule has 13 unspecified atom stereocenters. The molecule has 4 fully saturated rings. The van der Waals surface area contributed by atoms with Gasteiger partial charge in [-0.25, -0.2) is 4.79 Å². The molecule has 15 heteroatoms. The van der Waals surface area contributed by atoms with Gasteiger partial charge in [0.25, 0.3) is 0 Å². The standard InChI is InChI=1S/C27H46O15/c1-12-18(30)20(32)21(33)26(38-12)42-23-14(7-8-37-17(23)11-29)40-27-22(34)24(19(31)16(10-28)41-27)39-15(25(35)36)9-13-5-3-2-4-6-13/h12-24,26-34H,2-11H2,1H3,(H,35,36)/t12?,14?,15-,16?,17?,18?,19?,20?,21?,22?,23?,24?,26?,27?/m1/s1.